The van der Waals surface area contributed by atoms with Gasteiger partial charge in [0, 0.05) is 19.2 Å². The lowest BCUT2D eigenvalue weighted by Gasteiger charge is -2.31. The fourth-order valence-corrected chi connectivity index (χ4v) is 2.53. The van der Waals surface area contributed by atoms with Crippen molar-refractivity contribution in [3.8, 4) is 5.75 Å². The van der Waals surface area contributed by atoms with Crippen molar-refractivity contribution in [1.29, 1.82) is 0 Å². The lowest BCUT2D eigenvalue weighted by molar-refractivity contribution is -0.127. The van der Waals surface area contributed by atoms with Crippen molar-refractivity contribution in [1.82, 2.24) is 4.90 Å². The first-order valence-corrected chi connectivity index (χ1v) is 7.08. The highest BCUT2D eigenvalue weighted by molar-refractivity contribution is 5.87. The van der Waals surface area contributed by atoms with E-state index in [1.165, 1.54) is 5.56 Å². The summed E-state index contributed by atoms with van der Waals surface area (Å²) >= 11 is 0. The Morgan fingerprint density at radius 1 is 1.20 bits per heavy atom. The number of likely N-dealkylation sites (tertiary alicyclic amines) is 1. The van der Waals surface area contributed by atoms with Gasteiger partial charge in [-0.15, -0.1) is 0 Å². The summed E-state index contributed by atoms with van der Waals surface area (Å²) in [6.07, 6.45) is 9.14. The number of aromatic hydroxyl groups is 1. The highest BCUT2D eigenvalue weighted by atomic mass is 16.3. The highest BCUT2D eigenvalue weighted by Gasteiger charge is 2.22. The fraction of sp³-hybridized carbons (Fsp3) is 0.353. The summed E-state index contributed by atoms with van der Waals surface area (Å²) in [7, 11) is 0. The standard InChI is InChI=1S/C17H21NO2/c1-2-3-4-5-17(20)18-12-10-15(11-13-18)14-6-8-16(19)9-7-14/h2-9,15,19H,10-13H2,1H3/b3-2+,5-4+. The van der Waals surface area contributed by atoms with Crippen LogP contribution in [-0.2, 0) is 4.79 Å². The molecule has 1 fully saturated rings. The third-order valence-electron chi connectivity index (χ3n) is 3.71. The minimum atomic E-state index is 0.0901. The van der Waals surface area contributed by atoms with Gasteiger partial charge in [-0.2, -0.15) is 0 Å². The van der Waals surface area contributed by atoms with Gasteiger partial charge in [0.15, 0.2) is 0 Å². The normalized spacial score (nSPS) is 17.1. The SMILES string of the molecule is C/C=C/C=C/C(=O)N1CCC(c2ccc(O)cc2)CC1. The Morgan fingerprint density at radius 3 is 2.45 bits per heavy atom. The lowest BCUT2D eigenvalue weighted by Crippen LogP contribution is -2.36. The van der Waals surface area contributed by atoms with Gasteiger partial charge < -0.3 is 10.0 Å². The van der Waals surface area contributed by atoms with Gasteiger partial charge in [0.1, 0.15) is 5.75 Å². The molecule has 0 spiro atoms. The van der Waals surface area contributed by atoms with Crippen LogP contribution in [0.2, 0.25) is 0 Å². The molecule has 2 rings (SSSR count). The number of carbonyl (C=O) groups excluding carboxylic acids is 1. The summed E-state index contributed by atoms with van der Waals surface area (Å²) < 4.78 is 0. The third-order valence-corrected chi connectivity index (χ3v) is 3.71. The van der Waals surface area contributed by atoms with Crippen molar-refractivity contribution >= 4 is 5.91 Å². The number of hydrogen-bond acceptors (Lipinski definition) is 2. The maximum absolute atomic E-state index is 11.9. The van der Waals surface area contributed by atoms with Crippen LogP contribution in [-0.4, -0.2) is 29.0 Å². The fourth-order valence-electron chi connectivity index (χ4n) is 2.53. The molecule has 1 heterocycles. The van der Waals surface area contributed by atoms with Gasteiger partial charge in [-0.3, -0.25) is 4.79 Å². The van der Waals surface area contributed by atoms with E-state index in [9.17, 15) is 9.90 Å². The second-order valence-electron chi connectivity index (χ2n) is 5.08. The summed E-state index contributed by atoms with van der Waals surface area (Å²) in [5, 5.41) is 9.31. The molecule has 1 saturated heterocycles. The van der Waals surface area contributed by atoms with Gasteiger partial charge in [0.2, 0.25) is 5.91 Å². The van der Waals surface area contributed by atoms with E-state index in [-0.39, 0.29) is 5.91 Å². The molecule has 0 atom stereocenters. The summed E-state index contributed by atoms with van der Waals surface area (Å²) in [6.45, 7) is 3.52. The Labute approximate surface area is 120 Å². The van der Waals surface area contributed by atoms with Crippen LogP contribution in [0.15, 0.2) is 48.6 Å². The largest absolute Gasteiger partial charge is 0.508 e. The Balaban J connectivity index is 1.89. The topological polar surface area (TPSA) is 40.5 Å². The summed E-state index contributed by atoms with van der Waals surface area (Å²) in [5.41, 5.74) is 1.25. The van der Waals surface area contributed by atoms with E-state index in [1.807, 2.05) is 36.1 Å². The number of allylic oxidation sites excluding steroid dienone is 3. The molecule has 20 heavy (non-hydrogen) atoms. The van der Waals surface area contributed by atoms with Crippen LogP contribution in [0.4, 0.5) is 0 Å². The Bertz CT molecular complexity index is 494. The van der Waals surface area contributed by atoms with Gasteiger partial charge in [0.25, 0.3) is 0 Å². The third kappa shape index (κ3) is 3.73. The first kappa shape index (κ1) is 14.4. The zero-order chi connectivity index (χ0) is 14.4. The quantitative estimate of drug-likeness (QED) is 0.677. The molecule has 0 saturated carbocycles. The highest BCUT2D eigenvalue weighted by Crippen LogP contribution is 2.29. The monoisotopic (exact) mass is 271 g/mol. The Kier molecular flexibility index (Phi) is 4.99. The predicted molar refractivity (Wildman–Crippen MR) is 80.6 cm³/mol. The second kappa shape index (κ2) is 6.94. The molecule has 1 aromatic rings. The van der Waals surface area contributed by atoms with Crippen LogP contribution in [0.1, 0.15) is 31.2 Å². The van der Waals surface area contributed by atoms with Crippen molar-refractivity contribution in [3.05, 3.63) is 54.1 Å². The molecule has 0 aliphatic carbocycles. The van der Waals surface area contributed by atoms with Crippen LogP contribution >= 0.6 is 0 Å². The zero-order valence-electron chi connectivity index (χ0n) is 11.8. The number of phenols is 1. The molecule has 1 aliphatic heterocycles. The first-order valence-electron chi connectivity index (χ1n) is 7.08. The summed E-state index contributed by atoms with van der Waals surface area (Å²) in [4.78, 5) is 13.8. The Morgan fingerprint density at radius 2 is 1.85 bits per heavy atom. The van der Waals surface area contributed by atoms with E-state index >= 15 is 0 Å². The Hall–Kier alpha value is -2.03. The van der Waals surface area contributed by atoms with E-state index in [0.29, 0.717) is 11.7 Å². The van der Waals surface area contributed by atoms with E-state index in [1.54, 1.807) is 24.3 Å². The van der Waals surface area contributed by atoms with Crippen molar-refractivity contribution in [3.63, 3.8) is 0 Å². The van der Waals surface area contributed by atoms with E-state index in [2.05, 4.69) is 0 Å². The number of piperidine rings is 1. The second-order valence-corrected chi connectivity index (χ2v) is 5.08. The lowest BCUT2D eigenvalue weighted by atomic mass is 9.89. The van der Waals surface area contributed by atoms with Crippen molar-refractivity contribution < 1.29 is 9.90 Å². The van der Waals surface area contributed by atoms with E-state index in [0.717, 1.165) is 25.9 Å². The van der Waals surface area contributed by atoms with Crippen molar-refractivity contribution in [2.45, 2.75) is 25.7 Å². The van der Waals surface area contributed by atoms with E-state index < -0.39 is 0 Å². The van der Waals surface area contributed by atoms with Crippen LogP contribution in [0.25, 0.3) is 0 Å². The molecule has 3 nitrogen and oxygen atoms in total. The van der Waals surface area contributed by atoms with Crippen molar-refractivity contribution in [2.75, 3.05) is 13.1 Å². The van der Waals surface area contributed by atoms with Gasteiger partial charge >= 0.3 is 0 Å². The van der Waals surface area contributed by atoms with Crippen LogP contribution in [0.5, 0.6) is 5.75 Å². The summed E-state index contributed by atoms with van der Waals surface area (Å²) in [5.74, 6) is 0.877. The maximum Gasteiger partial charge on any atom is 0.246 e. The smallest absolute Gasteiger partial charge is 0.246 e. The molecule has 3 heteroatoms. The molecule has 0 radical (unpaired) electrons. The minimum Gasteiger partial charge on any atom is -0.508 e. The number of amides is 1. The number of carbonyl (C=O) groups is 1. The van der Waals surface area contributed by atoms with Gasteiger partial charge in [0.05, 0.1) is 0 Å². The number of rotatable bonds is 3. The maximum atomic E-state index is 11.9. The average molecular weight is 271 g/mol. The number of benzene rings is 1. The molecule has 1 aliphatic rings. The van der Waals surface area contributed by atoms with Gasteiger partial charge in [-0.05, 0) is 43.4 Å². The molecular weight excluding hydrogens is 250 g/mol. The summed E-state index contributed by atoms with van der Waals surface area (Å²) in [6, 6.07) is 7.41. The molecule has 0 aromatic heterocycles. The van der Waals surface area contributed by atoms with E-state index in [4.69, 9.17) is 0 Å². The van der Waals surface area contributed by atoms with Crippen molar-refractivity contribution in [2.24, 2.45) is 0 Å². The predicted octanol–water partition coefficient (Wildman–Crippen LogP) is 3.23. The van der Waals surface area contributed by atoms with Crippen LogP contribution < -0.4 is 0 Å². The molecule has 1 N–H and O–H groups in total. The molecule has 0 bridgehead atoms. The number of nitrogens with zero attached hydrogens (tertiary/aromatic N) is 1. The zero-order valence-corrected chi connectivity index (χ0v) is 11.8. The molecule has 1 amide bonds. The van der Waals surface area contributed by atoms with Crippen LogP contribution in [0.3, 0.4) is 0 Å². The number of hydrogen-bond donors (Lipinski definition) is 1. The molecule has 0 unspecified atom stereocenters. The van der Waals surface area contributed by atoms with Gasteiger partial charge in [-0.25, -0.2) is 0 Å². The number of phenolic OH excluding ortho intramolecular Hbond substituents is 1. The first-order chi connectivity index (χ1) is 9.70. The molecule has 106 valence electrons. The average Bonchev–Trinajstić information content (AvgIpc) is 2.48. The van der Waals surface area contributed by atoms with Gasteiger partial charge in [-0.1, -0.05) is 30.4 Å². The molecule has 1 aromatic carbocycles. The molecular formula is C17H21NO2. The van der Waals surface area contributed by atoms with Crippen LogP contribution in [0, 0.1) is 0 Å². The minimum absolute atomic E-state index is 0.0901.